The summed E-state index contributed by atoms with van der Waals surface area (Å²) in [6.07, 6.45) is 6.88. The topological polar surface area (TPSA) is 109 Å². The quantitative estimate of drug-likeness (QED) is 0.184. The number of aliphatic hydroxyl groups excluding tert-OH is 1. The predicted octanol–water partition coefficient (Wildman–Crippen LogP) is 2.73. The van der Waals surface area contributed by atoms with Crippen LogP contribution in [0.25, 0.3) is 0 Å². The summed E-state index contributed by atoms with van der Waals surface area (Å²) in [4.78, 5) is 48.6. The van der Waals surface area contributed by atoms with E-state index in [0.29, 0.717) is 57.7 Å². The van der Waals surface area contributed by atoms with Crippen LogP contribution in [0.15, 0.2) is 55.6 Å². The number of ether oxygens (including phenoxy) is 3. The highest BCUT2D eigenvalue weighted by atomic mass is 16.6. The predicted molar refractivity (Wildman–Crippen MR) is 164 cm³/mol. The molecule has 10 heteroatoms. The SMILES string of the molecule is C=CCCCCOC(=O)[C@H]1[C@H]2C(=O)N([C@H](CO)c3ccccc3)C(C(=O)N(CC=C)CCN3CCOCC3)C23CC[C@]1(C)O3. The van der Waals surface area contributed by atoms with Gasteiger partial charge in [-0.2, -0.15) is 0 Å². The number of hydrogen-bond donors (Lipinski definition) is 1. The third kappa shape index (κ3) is 5.97. The van der Waals surface area contributed by atoms with E-state index in [9.17, 15) is 19.5 Å². The average Bonchev–Trinajstić information content (AvgIpc) is 3.61. The van der Waals surface area contributed by atoms with Crippen LogP contribution in [0.4, 0.5) is 0 Å². The van der Waals surface area contributed by atoms with Crippen molar-refractivity contribution in [2.75, 3.05) is 59.2 Å². The lowest BCUT2D eigenvalue weighted by Crippen LogP contribution is -2.58. The zero-order valence-electron chi connectivity index (χ0n) is 25.9. The minimum absolute atomic E-state index is 0.247. The summed E-state index contributed by atoms with van der Waals surface area (Å²) in [6.45, 7) is 13.6. The van der Waals surface area contributed by atoms with E-state index in [0.717, 1.165) is 25.9 Å². The first-order valence-electron chi connectivity index (χ1n) is 16.0. The maximum absolute atomic E-state index is 14.7. The molecule has 4 aliphatic heterocycles. The standard InChI is InChI=1S/C34H47N3O7/c1-4-6-7-11-21-43-32(41)28-27-30(39)37(26(24-38)25-12-9-8-10-13-25)29(34(27)15-14-33(28,3)44-34)31(40)36(16-5-2)18-17-35-19-22-42-23-20-35/h4-5,8-10,12-13,26-29,38H,1-2,6-7,11,14-24H2,3H3/t26-,27+,28-,29?,33+,34?/m1/s1. The van der Waals surface area contributed by atoms with Crippen molar-refractivity contribution in [3.05, 3.63) is 61.2 Å². The molecular formula is C34H47N3O7. The molecule has 4 aliphatic rings. The van der Waals surface area contributed by atoms with Crippen molar-refractivity contribution < 1.29 is 33.7 Å². The Balaban J connectivity index is 1.49. The van der Waals surface area contributed by atoms with Crippen LogP contribution in [0.5, 0.6) is 0 Å². The van der Waals surface area contributed by atoms with E-state index < -0.39 is 41.1 Å². The number of allylic oxidation sites excluding steroid dienone is 1. The van der Waals surface area contributed by atoms with Gasteiger partial charge in [0.2, 0.25) is 11.8 Å². The van der Waals surface area contributed by atoms with E-state index in [1.807, 2.05) is 43.3 Å². The fraction of sp³-hybridized carbons (Fsp3) is 0.618. The van der Waals surface area contributed by atoms with E-state index in [1.54, 1.807) is 11.0 Å². The van der Waals surface area contributed by atoms with Gasteiger partial charge in [-0.25, -0.2) is 0 Å². The van der Waals surface area contributed by atoms with Gasteiger partial charge in [-0.15, -0.1) is 13.2 Å². The molecule has 0 aliphatic carbocycles. The van der Waals surface area contributed by atoms with Crippen molar-refractivity contribution in [3.63, 3.8) is 0 Å². The first kappa shape index (κ1) is 32.3. The molecule has 2 amide bonds. The fourth-order valence-electron chi connectivity index (χ4n) is 7.73. The van der Waals surface area contributed by atoms with Crippen molar-refractivity contribution >= 4 is 17.8 Å². The van der Waals surface area contributed by atoms with Gasteiger partial charge in [-0.3, -0.25) is 19.3 Å². The van der Waals surface area contributed by atoms with Crippen LogP contribution < -0.4 is 0 Å². The second-order valence-electron chi connectivity index (χ2n) is 12.6. The Kier molecular flexibility index (Phi) is 10.2. The highest BCUT2D eigenvalue weighted by Crippen LogP contribution is 2.64. The summed E-state index contributed by atoms with van der Waals surface area (Å²) in [5, 5.41) is 10.7. The van der Waals surface area contributed by atoms with Crippen molar-refractivity contribution in [2.45, 2.75) is 62.3 Å². The van der Waals surface area contributed by atoms with Crippen LogP contribution in [0.1, 0.15) is 50.6 Å². The Hall–Kier alpha value is -3.05. The minimum atomic E-state index is -1.21. The number of hydrogen-bond acceptors (Lipinski definition) is 8. The maximum Gasteiger partial charge on any atom is 0.312 e. The molecule has 0 aromatic heterocycles. The Bertz CT molecular complexity index is 1200. The van der Waals surface area contributed by atoms with Gasteiger partial charge in [-0.1, -0.05) is 42.5 Å². The highest BCUT2D eigenvalue weighted by molar-refractivity contribution is 5.98. The number of esters is 1. The van der Waals surface area contributed by atoms with Gasteiger partial charge < -0.3 is 29.1 Å². The Labute approximate surface area is 260 Å². The van der Waals surface area contributed by atoms with Gasteiger partial charge in [-0.05, 0) is 44.6 Å². The van der Waals surface area contributed by atoms with Crippen molar-refractivity contribution in [1.82, 2.24) is 14.7 Å². The van der Waals surface area contributed by atoms with E-state index in [-0.39, 0.29) is 25.0 Å². The molecule has 4 fully saturated rings. The third-order valence-electron chi connectivity index (χ3n) is 9.89. The summed E-state index contributed by atoms with van der Waals surface area (Å²) in [5.41, 5.74) is -1.43. The van der Waals surface area contributed by atoms with E-state index in [1.165, 1.54) is 4.90 Å². The summed E-state index contributed by atoms with van der Waals surface area (Å²) in [6, 6.07) is 7.44. The molecule has 1 aromatic rings. The molecule has 0 saturated carbocycles. The van der Waals surface area contributed by atoms with E-state index in [2.05, 4.69) is 18.1 Å². The number of likely N-dealkylation sites (tertiary alicyclic amines) is 1. The second kappa shape index (κ2) is 13.9. The molecule has 1 spiro atoms. The number of amides is 2. The normalized spacial score (nSPS) is 30.2. The highest BCUT2D eigenvalue weighted by Gasteiger charge is 2.79. The van der Waals surface area contributed by atoms with Crippen LogP contribution in [0, 0.1) is 11.8 Å². The van der Waals surface area contributed by atoms with Crippen molar-refractivity contribution in [2.24, 2.45) is 11.8 Å². The lowest BCUT2D eigenvalue weighted by molar-refractivity contribution is -0.162. The van der Waals surface area contributed by atoms with E-state index in [4.69, 9.17) is 14.2 Å². The van der Waals surface area contributed by atoms with Gasteiger partial charge in [0.1, 0.15) is 17.6 Å². The van der Waals surface area contributed by atoms with Crippen LogP contribution in [-0.2, 0) is 28.6 Å². The summed E-state index contributed by atoms with van der Waals surface area (Å²) < 4.78 is 18.0. The first-order valence-corrected chi connectivity index (χ1v) is 16.0. The molecule has 2 unspecified atom stereocenters. The number of carbonyl (C=O) groups excluding carboxylic acids is 3. The number of fused-ring (bicyclic) bond motifs is 1. The molecule has 44 heavy (non-hydrogen) atoms. The number of unbranched alkanes of at least 4 members (excludes halogenated alkanes) is 2. The molecule has 1 aromatic carbocycles. The molecule has 2 bridgehead atoms. The molecule has 1 N–H and O–H groups in total. The van der Waals surface area contributed by atoms with Gasteiger partial charge >= 0.3 is 5.97 Å². The minimum Gasteiger partial charge on any atom is -0.465 e. The number of rotatable bonds is 15. The van der Waals surface area contributed by atoms with Gasteiger partial charge in [0.25, 0.3) is 0 Å². The Morgan fingerprint density at radius 3 is 2.59 bits per heavy atom. The molecular weight excluding hydrogens is 562 g/mol. The number of nitrogens with zero attached hydrogens (tertiary/aromatic N) is 3. The maximum atomic E-state index is 14.7. The van der Waals surface area contributed by atoms with E-state index >= 15 is 0 Å². The number of benzene rings is 1. The van der Waals surface area contributed by atoms with Crippen molar-refractivity contribution in [1.29, 1.82) is 0 Å². The molecule has 4 saturated heterocycles. The fourth-order valence-corrected chi connectivity index (χ4v) is 7.73. The summed E-state index contributed by atoms with van der Waals surface area (Å²) >= 11 is 0. The van der Waals surface area contributed by atoms with Gasteiger partial charge in [0.15, 0.2) is 0 Å². The zero-order valence-corrected chi connectivity index (χ0v) is 25.9. The second-order valence-corrected chi connectivity index (χ2v) is 12.6. The lowest BCUT2D eigenvalue weighted by atomic mass is 9.66. The molecule has 4 heterocycles. The molecule has 6 atom stereocenters. The zero-order chi connectivity index (χ0) is 31.3. The van der Waals surface area contributed by atoms with Crippen LogP contribution in [0.3, 0.4) is 0 Å². The van der Waals surface area contributed by atoms with Crippen LogP contribution in [0.2, 0.25) is 0 Å². The number of aliphatic hydroxyl groups is 1. The monoisotopic (exact) mass is 609 g/mol. The van der Waals surface area contributed by atoms with Crippen LogP contribution in [-0.4, -0.2) is 114 Å². The molecule has 240 valence electrons. The molecule has 10 nitrogen and oxygen atoms in total. The Morgan fingerprint density at radius 1 is 1.16 bits per heavy atom. The summed E-state index contributed by atoms with van der Waals surface area (Å²) in [5.74, 6) is -2.81. The Morgan fingerprint density at radius 2 is 1.91 bits per heavy atom. The molecule has 0 radical (unpaired) electrons. The number of morpholine rings is 1. The van der Waals surface area contributed by atoms with Gasteiger partial charge in [0, 0.05) is 32.7 Å². The summed E-state index contributed by atoms with van der Waals surface area (Å²) in [7, 11) is 0. The smallest absolute Gasteiger partial charge is 0.312 e. The molecule has 5 rings (SSSR count). The van der Waals surface area contributed by atoms with Crippen LogP contribution >= 0.6 is 0 Å². The van der Waals surface area contributed by atoms with Crippen molar-refractivity contribution in [3.8, 4) is 0 Å². The largest absolute Gasteiger partial charge is 0.465 e. The average molecular weight is 610 g/mol. The number of carbonyl (C=O) groups is 3. The first-order chi connectivity index (χ1) is 21.3. The van der Waals surface area contributed by atoms with Gasteiger partial charge in [0.05, 0.1) is 44.0 Å². The third-order valence-corrected chi connectivity index (χ3v) is 9.89. The lowest BCUT2D eigenvalue weighted by Gasteiger charge is -2.40.